The second kappa shape index (κ2) is 2.91. The van der Waals surface area contributed by atoms with E-state index in [2.05, 4.69) is 27.7 Å². The fraction of sp³-hybridized carbons (Fsp3) is 1.00. The van der Waals surface area contributed by atoms with E-state index in [9.17, 15) is 0 Å². The molecular formula is C9H18O. The minimum absolute atomic E-state index is 0.509. The van der Waals surface area contributed by atoms with Crippen LogP contribution < -0.4 is 0 Å². The van der Waals surface area contributed by atoms with Crippen molar-refractivity contribution in [3.8, 4) is 0 Å². The summed E-state index contributed by atoms with van der Waals surface area (Å²) in [7, 11) is 0. The highest BCUT2D eigenvalue weighted by molar-refractivity contribution is 4.79. The molecule has 0 aliphatic carbocycles. The van der Waals surface area contributed by atoms with E-state index in [4.69, 9.17) is 4.74 Å². The molecule has 1 heteroatoms. The predicted molar refractivity (Wildman–Crippen MR) is 42.9 cm³/mol. The molecule has 1 aliphatic rings. The maximum atomic E-state index is 5.64. The quantitative estimate of drug-likeness (QED) is 0.546. The van der Waals surface area contributed by atoms with E-state index in [1.807, 2.05) is 0 Å². The molecule has 1 aliphatic heterocycles. The summed E-state index contributed by atoms with van der Waals surface area (Å²) in [6.45, 7) is 10.00. The van der Waals surface area contributed by atoms with Crippen molar-refractivity contribution >= 4 is 0 Å². The van der Waals surface area contributed by atoms with Gasteiger partial charge in [-0.1, -0.05) is 27.7 Å². The maximum Gasteiger partial charge on any atom is 0.0627 e. The molecular weight excluding hydrogens is 124 g/mol. The minimum atomic E-state index is 0.509. The van der Waals surface area contributed by atoms with E-state index in [0.717, 1.165) is 18.4 Å². The van der Waals surface area contributed by atoms with Gasteiger partial charge in [0.2, 0.25) is 0 Å². The van der Waals surface area contributed by atoms with Crippen molar-refractivity contribution in [1.82, 2.24) is 0 Å². The normalized spacial score (nSPS) is 41.1. The number of hydrogen-bond donors (Lipinski definition) is 0. The lowest BCUT2D eigenvalue weighted by atomic mass is 9.89. The van der Waals surface area contributed by atoms with Crippen molar-refractivity contribution in [2.75, 3.05) is 6.61 Å². The van der Waals surface area contributed by atoms with Gasteiger partial charge in [0.15, 0.2) is 0 Å². The van der Waals surface area contributed by atoms with Gasteiger partial charge in [-0.05, 0) is 17.8 Å². The average Bonchev–Trinajstić information content (AvgIpc) is 2.14. The summed E-state index contributed by atoms with van der Waals surface area (Å²) in [5.41, 5.74) is 0. The summed E-state index contributed by atoms with van der Waals surface area (Å²) in [5, 5.41) is 0. The lowest BCUT2D eigenvalue weighted by Gasteiger charge is -2.19. The molecule has 3 atom stereocenters. The molecule has 0 saturated carbocycles. The summed E-state index contributed by atoms with van der Waals surface area (Å²) in [6, 6.07) is 0. The first-order chi connectivity index (χ1) is 4.63. The standard InChI is InChI=1S/C9H18O/c1-6(2)9-8(4)7(3)5-10-9/h6-9H,5H2,1-4H3/t7-,8+,9-/m1/s1. The third-order valence-electron chi connectivity index (χ3n) is 2.62. The van der Waals surface area contributed by atoms with Crippen molar-refractivity contribution in [3.05, 3.63) is 0 Å². The fourth-order valence-corrected chi connectivity index (χ4v) is 1.69. The molecule has 1 heterocycles. The van der Waals surface area contributed by atoms with Crippen LogP contribution in [0.3, 0.4) is 0 Å². The Morgan fingerprint density at radius 2 is 1.90 bits per heavy atom. The SMILES string of the molecule is CC(C)[C@H]1OC[C@@H](C)[C@@H]1C. The van der Waals surface area contributed by atoms with Crippen LogP contribution in [0.1, 0.15) is 27.7 Å². The molecule has 0 aromatic heterocycles. The molecule has 0 unspecified atom stereocenters. The summed E-state index contributed by atoms with van der Waals surface area (Å²) in [5.74, 6) is 2.19. The second-order valence-corrected chi connectivity index (χ2v) is 3.88. The van der Waals surface area contributed by atoms with Gasteiger partial charge in [0.25, 0.3) is 0 Å². The Hall–Kier alpha value is -0.0400. The monoisotopic (exact) mass is 142 g/mol. The third kappa shape index (κ3) is 1.34. The first kappa shape index (κ1) is 8.06. The Morgan fingerprint density at radius 3 is 2.10 bits per heavy atom. The summed E-state index contributed by atoms with van der Waals surface area (Å²) in [6.07, 6.45) is 0.509. The van der Waals surface area contributed by atoms with Crippen LogP contribution in [-0.2, 0) is 4.74 Å². The van der Waals surface area contributed by atoms with Gasteiger partial charge in [-0.2, -0.15) is 0 Å². The van der Waals surface area contributed by atoms with Crippen LogP contribution in [0, 0.1) is 17.8 Å². The third-order valence-corrected chi connectivity index (χ3v) is 2.62. The van der Waals surface area contributed by atoms with E-state index in [1.165, 1.54) is 0 Å². The van der Waals surface area contributed by atoms with Gasteiger partial charge in [-0.15, -0.1) is 0 Å². The van der Waals surface area contributed by atoms with Gasteiger partial charge in [0, 0.05) is 6.61 Å². The van der Waals surface area contributed by atoms with Crippen molar-refractivity contribution in [3.63, 3.8) is 0 Å². The van der Waals surface area contributed by atoms with Crippen molar-refractivity contribution in [2.24, 2.45) is 17.8 Å². The van der Waals surface area contributed by atoms with Crippen LogP contribution in [-0.4, -0.2) is 12.7 Å². The van der Waals surface area contributed by atoms with Gasteiger partial charge >= 0.3 is 0 Å². The lowest BCUT2D eigenvalue weighted by molar-refractivity contribution is 0.0575. The van der Waals surface area contributed by atoms with Crippen LogP contribution in [0.5, 0.6) is 0 Å². The van der Waals surface area contributed by atoms with Gasteiger partial charge in [-0.25, -0.2) is 0 Å². The molecule has 0 bridgehead atoms. The number of rotatable bonds is 1. The van der Waals surface area contributed by atoms with Crippen LogP contribution in [0.4, 0.5) is 0 Å². The molecule has 0 N–H and O–H groups in total. The van der Waals surface area contributed by atoms with Crippen LogP contribution in [0.15, 0.2) is 0 Å². The van der Waals surface area contributed by atoms with Crippen molar-refractivity contribution in [1.29, 1.82) is 0 Å². The Balaban J connectivity index is 2.49. The first-order valence-electron chi connectivity index (χ1n) is 4.24. The highest BCUT2D eigenvalue weighted by atomic mass is 16.5. The van der Waals surface area contributed by atoms with Crippen LogP contribution >= 0.6 is 0 Å². The van der Waals surface area contributed by atoms with Crippen LogP contribution in [0.25, 0.3) is 0 Å². The molecule has 1 saturated heterocycles. The predicted octanol–water partition coefficient (Wildman–Crippen LogP) is 2.31. The molecule has 0 amide bonds. The molecule has 0 spiro atoms. The second-order valence-electron chi connectivity index (χ2n) is 3.88. The van der Waals surface area contributed by atoms with Crippen molar-refractivity contribution < 1.29 is 4.74 Å². The van der Waals surface area contributed by atoms with E-state index >= 15 is 0 Å². The van der Waals surface area contributed by atoms with E-state index in [1.54, 1.807) is 0 Å². The zero-order valence-electron chi connectivity index (χ0n) is 7.42. The highest BCUT2D eigenvalue weighted by Gasteiger charge is 2.32. The van der Waals surface area contributed by atoms with E-state index in [-0.39, 0.29) is 0 Å². The zero-order valence-corrected chi connectivity index (χ0v) is 7.42. The number of hydrogen-bond acceptors (Lipinski definition) is 1. The number of ether oxygens (including phenoxy) is 1. The average molecular weight is 142 g/mol. The smallest absolute Gasteiger partial charge is 0.0627 e. The Morgan fingerprint density at radius 1 is 1.30 bits per heavy atom. The maximum absolute atomic E-state index is 5.64. The van der Waals surface area contributed by atoms with E-state index < -0.39 is 0 Å². The Labute approximate surface area is 63.8 Å². The highest BCUT2D eigenvalue weighted by Crippen LogP contribution is 2.30. The molecule has 0 aromatic carbocycles. The lowest BCUT2D eigenvalue weighted by Crippen LogP contribution is -2.21. The zero-order chi connectivity index (χ0) is 7.72. The molecule has 10 heavy (non-hydrogen) atoms. The summed E-state index contributed by atoms with van der Waals surface area (Å²) < 4.78 is 5.64. The van der Waals surface area contributed by atoms with Gasteiger partial charge in [0.1, 0.15) is 0 Å². The fourth-order valence-electron chi connectivity index (χ4n) is 1.69. The van der Waals surface area contributed by atoms with Gasteiger partial charge < -0.3 is 4.74 Å². The molecule has 0 radical (unpaired) electrons. The van der Waals surface area contributed by atoms with Crippen LogP contribution in [0.2, 0.25) is 0 Å². The first-order valence-corrected chi connectivity index (χ1v) is 4.24. The van der Waals surface area contributed by atoms with Crippen molar-refractivity contribution in [2.45, 2.75) is 33.8 Å². The summed E-state index contributed by atoms with van der Waals surface area (Å²) in [4.78, 5) is 0. The molecule has 1 fully saturated rings. The molecule has 0 aromatic rings. The van der Waals surface area contributed by atoms with Gasteiger partial charge in [0.05, 0.1) is 6.10 Å². The Bertz CT molecular complexity index is 109. The Kier molecular flexibility index (Phi) is 2.35. The molecule has 60 valence electrons. The molecule has 1 nitrogen and oxygen atoms in total. The van der Waals surface area contributed by atoms with E-state index in [0.29, 0.717) is 12.0 Å². The minimum Gasteiger partial charge on any atom is -0.377 e. The topological polar surface area (TPSA) is 9.23 Å². The largest absolute Gasteiger partial charge is 0.377 e. The summed E-state index contributed by atoms with van der Waals surface area (Å²) >= 11 is 0. The van der Waals surface area contributed by atoms with Gasteiger partial charge in [-0.3, -0.25) is 0 Å². The molecule has 1 rings (SSSR count).